The molecule has 1 aliphatic rings. The molecule has 6 heteroatoms. The minimum absolute atomic E-state index is 0.156. The highest BCUT2D eigenvalue weighted by Crippen LogP contribution is 2.22. The number of esters is 1. The first-order chi connectivity index (χ1) is 13.5. The Morgan fingerprint density at radius 2 is 1.93 bits per heavy atom. The van der Waals surface area contributed by atoms with Gasteiger partial charge in [-0.25, -0.2) is 4.79 Å². The van der Waals surface area contributed by atoms with Gasteiger partial charge in [-0.2, -0.15) is 5.26 Å². The van der Waals surface area contributed by atoms with Crippen molar-refractivity contribution in [1.29, 1.82) is 5.26 Å². The summed E-state index contributed by atoms with van der Waals surface area (Å²) < 4.78 is 10.5. The highest BCUT2D eigenvalue weighted by Gasteiger charge is 2.22. The van der Waals surface area contributed by atoms with Crippen LogP contribution >= 0.6 is 0 Å². The summed E-state index contributed by atoms with van der Waals surface area (Å²) in [6.45, 7) is 4.57. The van der Waals surface area contributed by atoms with Crippen LogP contribution in [0.4, 0.5) is 0 Å². The van der Waals surface area contributed by atoms with Crippen LogP contribution in [0.1, 0.15) is 51.5 Å². The van der Waals surface area contributed by atoms with E-state index in [1.54, 1.807) is 24.3 Å². The number of carbonyl (C=O) groups is 2. The summed E-state index contributed by atoms with van der Waals surface area (Å²) >= 11 is 0. The molecule has 2 rings (SSSR count). The second kappa shape index (κ2) is 11.1. The molecule has 1 amide bonds. The van der Waals surface area contributed by atoms with E-state index < -0.39 is 12.1 Å². The number of nitrogens with zero attached hydrogens (tertiary/aromatic N) is 1. The van der Waals surface area contributed by atoms with Crippen molar-refractivity contribution in [3.8, 4) is 11.8 Å². The van der Waals surface area contributed by atoms with E-state index in [2.05, 4.69) is 5.32 Å². The number of ether oxygens (including phenoxy) is 2. The fourth-order valence-electron chi connectivity index (χ4n) is 3.19. The van der Waals surface area contributed by atoms with Gasteiger partial charge in [0, 0.05) is 6.54 Å². The van der Waals surface area contributed by atoms with Crippen molar-refractivity contribution < 1.29 is 19.1 Å². The lowest BCUT2D eigenvalue weighted by molar-refractivity contribution is -0.150. The van der Waals surface area contributed by atoms with E-state index in [4.69, 9.17) is 9.47 Å². The van der Waals surface area contributed by atoms with Gasteiger partial charge in [-0.05, 0) is 56.4 Å². The summed E-state index contributed by atoms with van der Waals surface area (Å²) in [5, 5.41) is 12.1. The molecule has 0 aliphatic heterocycles. The SMILES string of the molecule is CCOc1ccc(/C=C(\C#N)C(=O)O[C@@H](C)C(=O)NCC2CCCCC2)cc1. The zero-order chi connectivity index (χ0) is 20.4. The van der Waals surface area contributed by atoms with Gasteiger partial charge >= 0.3 is 5.97 Å². The van der Waals surface area contributed by atoms with Crippen LogP contribution in [0.15, 0.2) is 29.8 Å². The van der Waals surface area contributed by atoms with Gasteiger partial charge in [0.1, 0.15) is 17.4 Å². The van der Waals surface area contributed by atoms with Gasteiger partial charge in [0.15, 0.2) is 6.10 Å². The maximum atomic E-state index is 12.3. The van der Waals surface area contributed by atoms with Gasteiger partial charge in [-0.3, -0.25) is 4.79 Å². The molecule has 6 nitrogen and oxygen atoms in total. The topological polar surface area (TPSA) is 88.4 Å². The van der Waals surface area contributed by atoms with Crippen LogP contribution in [0, 0.1) is 17.2 Å². The lowest BCUT2D eigenvalue weighted by Crippen LogP contribution is -2.38. The minimum atomic E-state index is -0.951. The molecule has 1 aromatic carbocycles. The summed E-state index contributed by atoms with van der Waals surface area (Å²) in [7, 11) is 0. The van der Waals surface area contributed by atoms with E-state index in [0.29, 0.717) is 30.4 Å². The third kappa shape index (κ3) is 6.73. The molecule has 0 bridgehead atoms. The molecule has 1 aliphatic carbocycles. The Morgan fingerprint density at radius 3 is 2.54 bits per heavy atom. The lowest BCUT2D eigenvalue weighted by atomic mass is 9.89. The molecule has 0 saturated heterocycles. The Hall–Kier alpha value is -2.81. The third-order valence-electron chi connectivity index (χ3n) is 4.79. The second-order valence-electron chi connectivity index (χ2n) is 6.97. The number of nitrogens with one attached hydrogen (secondary N) is 1. The minimum Gasteiger partial charge on any atom is -0.494 e. The van der Waals surface area contributed by atoms with Crippen LogP contribution in [0.2, 0.25) is 0 Å². The molecule has 1 atom stereocenters. The first-order valence-electron chi connectivity index (χ1n) is 9.86. The predicted octanol–water partition coefficient (Wildman–Crippen LogP) is 3.62. The Labute approximate surface area is 166 Å². The van der Waals surface area contributed by atoms with Crippen molar-refractivity contribution in [2.75, 3.05) is 13.2 Å². The number of hydrogen-bond donors (Lipinski definition) is 1. The van der Waals surface area contributed by atoms with Crippen molar-refractivity contribution in [3.05, 3.63) is 35.4 Å². The molecule has 0 spiro atoms. The molecule has 28 heavy (non-hydrogen) atoms. The van der Waals surface area contributed by atoms with Crippen LogP contribution in [0.25, 0.3) is 6.08 Å². The first-order valence-corrected chi connectivity index (χ1v) is 9.86. The van der Waals surface area contributed by atoms with Crippen molar-refractivity contribution in [2.24, 2.45) is 5.92 Å². The quantitative estimate of drug-likeness (QED) is 0.420. The average molecular weight is 384 g/mol. The van der Waals surface area contributed by atoms with Crippen LogP contribution < -0.4 is 10.1 Å². The smallest absolute Gasteiger partial charge is 0.349 e. The molecule has 0 heterocycles. The molecule has 1 saturated carbocycles. The molecule has 1 N–H and O–H groups in total. The van der Waals surface area contributed by atoms with E-state index in [0.717, 1.165) is 12.8 Å². The van der Waals surface area contributed by atoms with Gasteiger partial charge in [0.2, 0.25) is 0 Å². The predicted molar refractivity (Wildman–Crippen MR) is 106 cm³/mol. The fourth-order valence-corrected chi connectivity index (χ4v) is 3.19. The van der Waals surface area contributed by atoms with Gasteiger partial charge in [-0.1, -0.05) is 31.4 Å². The van der Waals surface area contributed by atoms with Gasteiger partial charge < -0.3 is 14.8 Å². The highest BCUT2D eigenvalue weighted by molar-refractivity contribution is 5.99. The van der Waals surface area contributed by atoms with Crippen molar-refractivity contribution in [2.45, 2.75) is 52.1 Å². The zero-order valence-corrected chi connectivity index (χ0v) is 16.6. The molecule has 1 aromatic rings. The number of hydrogen-bond acceptors (Lipinski definition) is 5. The summed E-state index contributed by atoms with van der Waals surface area (Å²) in [5.74, 6) is 0.0628. The Morgan fingerprint density at radius 1 is 1.25 bits per heavy atom. The molecule has 1 fully saturated rings. The highest BCUT2D eigenvalue weighted by atomic mass is 16.5. The maximum absolute atomic E-state index is 12.3. The molecule has 0 radical (unpaired) electrons. The number of rotatable bonds is 8. The van der Waals surface area contributed by atoms with Crippen molar-refractivity contribution >= 4 is 18.0 Å². The van der Waals surface area contributed by atoms with Crippen LogP contribution in [0.5, 0.6) is 5.75 Å². The van der Waals surface area contributed by atoms with E-state index >= 15 is 0 Å². The summed E-state index contributed by atoms with van der Waals surface area (Å²) in [6.07, 6.45) is 6.39. The molecular weight excluding hydrogens is 356 g/mol. The number of carbonyl (C=O) groups excluding carboxylic acids is 2. The normalized spacial score (nSPS) is 16.0. The van der Waals surface area contributed by atoms with Crippen molar-refractivity contribution in [3.63, 3.8) is 0 Å². The lowest BCUT2D eigenvalue weighted by Gasteiger charge is -2.22. The number of amides is 1. The van der Waals surface area contributed by atoms with Crippen LogP contribution in [-0.2, 0) is 14.3 Å². The first kappa shape index (κ1) is 21.5. The number of benzene rings is 1. The third-order valence-corrected chi connectivity index (χ3v) is 4.79. The summed E-state index contributed by atoms with van der Waals surface area (Å²) in [5.41, 5.74) is 0.516. The zero-order valence-electron chi connectivity index (χ0n) is 16.6. The van der Waals surface area contributed by atoms with Gasteiger partial charge in [0.05, 0.1) is 6.61 Å². The van der Waals surface area contributed by atoms with Gasteiger partial charge in [-0.15, -0.1) is 0 Å². The fraction of sp³-hybridized carbons (Fsp3) is 0.500. The Kier molecular flexibility index (Phi) is 8.54. The van der Waals surface area contributed by atoms with E-state index in [-0.39, 0.29) is 11.5 Å². The molecular formula is C22H28N2O4. The van der Waals surface area contributed by atoms with Crippen LogP contribution in [-0.4, -0.2) is 31.1 Å². The molecule has 0 aromatic heterocycles. The van der Waals surface area contributed by atoms with Crippen LogP contribution in [0.3, 0.4) is 0 Å². The van der Waals surface area contributed by atoms with E-state index in [1.807, 2.05) is 13.0 Å². The maximum Gasteiger partial charge on any atom is 0.349 e. The summed E-state index contributed by atoms with van der Waals surface area (Å²) in [6, 6.07) is 8.86. The average Bonchev–Trinajstić information content (AvgIpc) is 2.72. The molecule has 0 unspecified atom stereocenters. The Bertz CT molecular complexity index is 728. The second-order valence-corrected chi connectivity index (χ2v) is 6.97. The monoisotopic (exact) mass is 384 g/mol. The van der Waals surface area contributed by atoms with Gasteiger partial charge in [0.25, 0.3) is 5.91 Å². The van der Waals surface area contributed by atoms with E-state index in [9.17, 15) is 14.9 Å². The molecule has 150 valence electrons. The van der Waals surface area contributed by atoms with E-state index in [1.165, 1.54) is 32.3 Å². The largest absolute Gasteiger partial charge is 0.494 e. The Balaban J connectivity index is 1.89. The standard InChI is InChI=1S/C22H28N2O4/c1-3-27-20-11-9-17(10-12-20)13-19(14-23)22(26)28-16(2)21(25)24-15-18-7-5-4-6-8-18/h9-13,16,18H,3-8,15H2,1-2H3,(H,24,25)/b19-13+/t16-/m0/s1. The summed E-state index contributed by atoms with van der Waals surface area (Å²) in [4.78, 5) is 24.4. The number of nitriles is 1. The van der Waals surface area contributed by atoms with Crippen molar-refractivity contribution in [1.82, 2.24) is 5.32 Å².